The van der Waals surface area contributed by atoms with Gasteiger partial charge in [0.25, 0.3) is 0 Å². The van der Waals surface area contributed by atoms with Crippen molar-refractivity contribution in [3.8, 4) is 11.5 Å². The van der Waals surface area contributed by atoms with E-state index in [2.05, 4.69) is 0 Å². The Hall–Kier alpha value is -1.42. The summed E-state index contributed by atoms with van der Waals surface area (Å²) >= 11 is 0. The van der Waals surface area contributed by atoms with E-state index in [4.69, 9.17) is 19.9 Å². The van der Waals surface area contributed by atoms with Crippen LogP contribution in [0.5, 0.6) is 11.5 Å². The van der Waals surface area contributed by atoms with Gasteiger partial charge in [-0.25, -0.2) is 0 Å². The van der Waals surface area contributed by atoms with Gasteiger partial charge in [-0.1, -0.05) is 0 Å². The van der Waals surface area contributed by atoms with Gasteiger partial charge >= 0.3 is 0 Å². The number of nitrogens with two attached hydrogens (primary N) is 1. The maximum absolute atomic E-state index is 5.81. The Labute approximate surface area is 96.3 Å². The minimum atomic E-state index is 0.0642. The van der Waals surface area contributed by atoms with Crippen molar-refractivity contribution in [1.82, 2.24) is 0 Å². The van der Waals surface area contributed by atoms with E-state index >= 15 is 0 Å². The first-order chi connectivity index (χ1) is 7.67. The van der Waals surface area contributed by atoms with Crippen LogP contribution in [0.25, 0.3) is 0 Å². The molecule has 0 heterocycles. The lowest BCUT2D eigenvalue weighted by Gasteiger charge is -2.16. The molecule has 2 N–H and O–H groups in total. The number of ether oxygens (including phenoxy) is 3. The smallest absolute Gasteiger partial charge is 0.146 e. The molecule has 0 aromatic heterocycles. The van der Waals surface area contributed by atoms with Gasteiger partial charge in [0.1, 0.15) is 11.5 Å². The lowest BCUT2D eigenvalue weighted by atomic mass is 10.2. The van der Waals surface area contributed by atoms with Crippen LogP contribution >= 0.6 is 0 Å². The maximum Gasteiger partial charge on any atom is 0.146 e. The van der Waals surface area contributed by atoms with Gasteiger partial charge in [0.2, 0.25) is 0 Å². The van der Waals surface area contributed by atoms with Crippen LogP contribution in [0, 0.1) is 0 Å². The zero-order valence-electron chi connectivity index (χ0n) is 10.0. The van der Waals surface area contributed by atoms with Gasteiger partial charge in [0, 0.05) is 26.2 Å². The standard InChI is InChI=1S/C12H19NO3/c1-9(6-7-14-2)16-12-8-10(15-3)4-5-11(12)13/h4-5,8-9H,6-7,13H2,1-3H3. The van der Waals surface area contributed by atoms with Crippen molar-refractivity contribution in [3.63, 3.8) is 0 Å². The molecule has 4 heteroatoms. The topological polar surface area (TPSA) is 53.7 Å². The lowest BCUT2D eigenvalue weighted by Crippen LogP contribution is -2.15. The highest BCUT2D eigenvalue weighted by atomic mass is 16.5. The Kier molecular flexibility index (Phi) is 4.92. The van der Waals surface area contributed by atoms with Gasteiger partial charge in [-0.2, -0.15) is 0 Å². The van der Waals surface area contributed by atoms with Gasteiger partial charge in [-0.3, -0.25) is 0 Å². The molecule has 90 valence electrons. The number of benzene rings is 1. The van der Waals surface area contributed by atoms with Crippen LogP contribution in [0.15, 0.2) is 18.2 Å². The van der Waals surface area contributed by atoms with Crippen LogP contribution in [-0.4, -0.2) is 26.9 Å². The fourth-order valence-corrected chi connectivity index (χ4v) is 1.30. The summed E-state index contributed by atoms with van der Waals surface area (Å²) in [5.41, 5.74) is 6.43. The molecule has 16 heavy (non-hydrogen) atoms. The van der Waals surface area contributed by atoms with Gasteiger partial charge in [0.05, 0.1) is 18.9 Å². The molecule has 1 unspecified atom stereocenters. The molecule has 0 spiro atoms. The van der Waals surface area contributed by atoms with Crippen LogP contribution in [-0.2, 0) is 4.74 Å². The molecule has 1 atom stereocenters. The molecule has 0 aliphatic heterocycles. The Morgan fingerprint density at radius 1 is 1.31 bits per heavy atom. The largest absolute Gasteiger partial charge is 0.497 e. The predicted molar refractivity (Wildman–Crippen MR) is 64.0 cm³/mol. The van der Waals surface area contributed by atoms with Crippen LogP contribution in [0.2, 0.25) is 0 Å². The van der Waals surface area contributed by atoms with Crippen LogP contribution in [0.1, 0.15) is 13.3 Å². The van der Waals surface area contributed by atoms with E-state index in [1.165, 1.54) is 0 Å². The molecule has 0 amide bonds. The van der Waals surface area contributed by atoms with E-state index in [0.29, 0.717) is 18.0 Å². The van der Waals surface area contributed by atoms with Gasteiger partial charge in [-0.05, 0) is 19.1 Å². The number of rotatable bonds is 6. The molecule has 0 saturated heterocycles. The predicted octanol–water partition coefficient (Wildman–Crippen LogP) is 2.08. The molecule has 0 bridgehead atoms. The summed E-state index contributed by atoms with van der Waals surface area (Å²) in [5.74, 6) is 1.39. The highest BCUT2D eigenvalue weighted by Crippen LogP contribution is 2.27. The summed E-state index contributed by atoms with van der Waals surface area (Å²) in [4.78, 5) is 0. The van der Waals surface area contributed by atoms with E-state index in [-0.39, 0.29) is 6.10 Å². The molecule has 0 saturated carbocycles. The zero-order valence-corrected chi connectivity index (χ0v) is 10.0. The summed E-state index contributed by atoms with van der Waals surface area (Å²) in [7, 11) is 3.29. The number of hydrogen-bond donors (Lipinski definition) is 1. The minimum Gasteiger partial charge on any atom is -0.497 e. The molecule has 1 aromatic rings. The van der Waals surface area contributed by atoms with Crippen molar-refractivity contribution in [1.29, 1.82) is 0 Å². The average molecular weight is 225 g/mol. The second kappa shape index (κ2) is 6.23. The van der Waals surface area contributed by atoms with Crippen molar-refractivity contribution in [2.24, 2.45) is 0 Å². The Morgan fingerprint density at radius 3 is 2.69 bits per heavy atom. The van der Waals surface area contributed by atoms with E-state index in [0.717, 1.165) is 12.2 Å². The van der Waals surface area contributed by atoms with Crippen LogP contribution < -0.4 is 15.2 Å². The number of hydrogen-bond acceptors (Lipinski definition) is 4. The molecule has 1 aromatic carbocycles. The lowest BCUT2D eigenvalue weighted by molar-refractivity contribution is 0.135. The first kappa shape index (κ1) is 12.6. The first-order valence-electron chi connectivity index (χ1n) is 5.26. The summed E-state index contributed by atoms with van der Waals surface area (Å²) in [5, 5.41) is 0. The molecule has 0 aliphatic carbocycles. The van der Waals surface area contributed by atoms with E-state index in [1.807, 2.05) is 13.0 Å². The third-order valence-electron chi connectivity index (χ3n) is 2.28. The highest BCUT2D eigenvalue weighted by molar-refractivity contribution is 5.55. The van der Waals surface area contributed by atoms with E-state index in [9.17, 15) is 0 Å². The molecule has 1 rings (SSSR count). The van der Waals surface area contributed by atoms with Gasteiger partial charge < -0.3 is 19.9 Å². The van der Waals surface area contributed by atoms with E-state index < -0.39 is 0 Å². The first-order valence-corrected chi connectivity index (χ1v) is 5.26. The highest BCUT2D eigenvalue weighted by Gasteiger charge is 2.07. The number of anilines is 1. The van der Waals surface area contributed by atoms with Crippen molar-refractivity contribution in [3.05, 3.63) is 18.2 Å². The fraction of sp³-hybridized carbons (Fsp3) is 0.500. The Balaban J connectivity index is 2.64. The summed E-state index contributed by atoms with van der Waals surface area (Å²) < 4.78 is 15.8. The van der Waals surface area contributed by atoms with Crippen molar-refractivity contribution in [2.45, 2.75) is 19.4 Å². The summed E-state index contributed by atoms with van der Waals surface area (Å²) in [6.07, 6.45) is 0.891. The van der Waals surface area contributed by atoms with Gasteiger partial charge in [-0.15, -0.1) is 0 Å². The normalized spacial score (nSPS) is 12.2. The monoisotopic (exact) mass is 225 g/mol. The number of nitrogen functional groups attached to an aromatic ring is 1. The second-order valence-electron chi connectivity index (χ2n) is 3.61. The zero-order chi connectivity index (χ0) is 12.0. The summed E-state index contributed by atoms with van der Waals surface area (Å²) in [6.45, 7) is 2.66. The molecule has 0 fully saturated rings. The van der Waals surface area contributed by atoms with Crippen LogP contribution in [0.3, 0.4) is 0 Å². The van der Waals surface area contributed by atoms with Crippen LogP contribution in [0.4, 0.5) is 5.69 Å². The quantitative estimate of drug-likeness (QED) is 0.753. The third-order valence-corrected chi connectivity index (χ3v) is 2.28. The minimum absolute atomic E-state index is 0.0642. The molecule has 0 radical (unpaired) electrons. The Morgan fingerprint density at radius 2 is 2.06 bits per heavy atom. The molecule has 0 aliphatic rings. The third kappa shape index (κ3) is 3.62. The maximum atomic E-state index is 5.81. The second-order valence-corrected chi connectivity index (χ2v) is 3.61. The van der Waals surface area contributed by atoms with Crippen molar-refractivity contribution < 1.29 is 14.2 Å². The molecular formula is C12H19NO3. The SMILES string of the molecule is COCCC(C)Oc1cc(OC)ccc1N. The summed E-state index contributed by atoms with van der Waals surface area (Å²) in [6, 6.07) is 5.37. The molecule has 4 nitrogen and oxygen atoms in total. The Bertz CT molecular complexity index is 328. The average Bonchev–Trinajstić information content (AvgIpc) is 2.29. The molecular weight excluding hydrogens is 206 g/mol. The van der Waals surface area contributed by atoms with E-state index in [1.54, 1.807) is 26.4 Å². The van der Waals surface area contributed by atoms with Crippen molar-refractivity contribution >= 4 is 5.69 Å². The van der Waals surface area contributed by atoms with Crippen molar-refractivity contribution in [2.75, 3.05) is 26.6 Å². The fourth-order valence-electron chi connectivity index (χ4n) is 1.30. The number of methoxy groups -OCH3 is 2. The van der Waals surface area contributed by atoms with Gasteiger partial charge in [0.15, 0.2) is 0 Å².